The fourth-order valence-corrected chi connectivity index (χ4v) is 0. The summed E-state index contributed by atoms with van der Waals surface area (Å²) in [5.74, 6) is -1.81. The van der Waals surface area contributed by atoms with Crippen LogP contribution in [0, 0.1) is 0 Å². The van der Waals surface area contributed by atoms with Crippen LogP contribution in [0.25, 0.3) is 0 Å². The van der Waals surface area contributed by atoms with Gasteiger partial charge in [-0.3, -0.25) is 9.59 Å². The molecule has 0 aromatic carbocycles. The first-order valence-electron chi connectivity index (χ1n) is 2.31. The van der Waals surface area contributed by atoms with E-state index in [0.717, 1.165) is 0 Å². The third kappa shape index (κ3) is 19.8. The van der Waals surface area contributed by atoms with Gasteiger partial charge in [0.25, 0.3) is 0 Å². The molecule has 0 aliphatic heterocycles. The number of carboxylic acids is 2. The predicted octanol–water partition coefficient (Wildman–Crippen LogP) is 2.37. The van der Waals surface area contributed by atoms with Gasteiger partial charge in [0.15, 0.2) is 7.47 Å². The molecule has 2 N–H and O–H groups in total. The Hall–Kier alpha value is 1.48. The Morgan fingerprint density at radius 2 is 0.923 bits per heavy atom. The Morgan fingerprint density at radius 3 is 0.923 bits per heavy atom. The van der Waals surface area contributed by atoms with Crippen molar-refractivity contribution < 1.29 is 39.3 Å². The topological polar surface area (TPSA) is 74.6 Å². The maximum Gasteiger partial charge on any atom is 0.328 e. The average Bonchev–Trinajstić information content (AvgIpc) is 1.88. The van der Waals surface area contributed by atoms with Crippen molar-refractivity contribution >= 4 is 75.7 Å². The molecule has 0 bridgehead atoms. The third-order valence-corrected chi connectivity index (χ3v) is 1.94. The normalized spacial score (nSPS) is 8.46. The van der Waals surface area contributed by atoms with Crippen LogP contribution in [0.3, 0.4) is 0 Å². The van der Waals surface area contributed by atoms with Crippen LogP contribution in [-0.2, 0) is 29.1 Å². The van der Waals surface area contributed by atoms with Gasteiger partial charge in [-0.05, 0) is 0 Å². The summed E-state index contributed by atoms with van der Waals surface area (Å²) >= 11 is 11.0. The van der Waals surface area contributed by atoms with Gasteiger partial charge in [0, 0.05) is 19.5 Å². The Kier molecular flexibility index (Phi) is 17.8. The summed E-state index contributed by atoms with van der Waals surface area (Å²) < 4.78 is -1.21. The van der Waals surface area contributed by atoms with E-state index in [1.807, 2.05) is 0 Å². The molecule has 0 aliphatic rings. The van der Waals surface area contributed by atoms with Crippen LogP contribution in [0.1, 0.15) is 0 Å². The van der Waals surface area contributed by atoms with E-state index in [4.69, 9.17) is 10.2 Å². The van der Waals surface area contributed by atoms with Gasteiger partial charge in [-0.1, -0.05) is 63.7 Å². The molecule has 0 spiro atoms. The first-order valence-corrected chi connectivity index (χ1v) is 5.97. The molecule has 74 valence electrons. The summed E-state index contributed by atoms with van der Waals surface area (Å²) in [5, 5.41) is 15.8. The van der Waals surface area contributed by atoms with Crippen LogP contribution in [0.4, 0.5) is 0 Å². The molecular weight excluding hydrogens is 497 g/mol. The molecule has 0 aromatic heterocycles. The van der Waals surface area contributed by atoms with Crippen molar-refractivity contribution in [2.45, 2.75) is 7.47 Å². The first kappa shape index (κ1) is 20.0. The molecule has 9 heteroatoms. The monoisotopic (exact) mass is 496 g/mol. The van der Waals surface area contributed by atoms with Gasteiger partial charge in [0.2, 0.25) is 0 Å². The number of aliphatic carboxylic acids is 2. The maximum atomic E-state index is 9.61. The Balaban J connectivity index is -0.000000143. The standard InChI is InChI=1S/2C2H2Br2O2.Zn/c2*3-1(4)2(5)6;/h2*1H,(H,5,6);. The molecule has 0 aliphatic carbocycles. The van der Waals surface area contributed by atoms with Crippen molar-refractivity contribution in [3.63, 3.8) is 0 Å². The van der Waals surface area contributed by atoms with E-state index in [-0.39, 0.29) is 19.5 Å². The summed E-state index contributed by atoms with van der Waals surface area (Å²) in [7, 11) is 0. The smallest absolute Gasteiger partial charge is 0.328 e. The summed E-state index contributed by atoms with van der Waals surface area (Å²) in [6.07, 6.45) is 0. The van der Waals surface area contributed by atoms with E-state index < -0.39 is 19.4 Å². The maximum absolute atomic E-state index is 9.61. The number of carboxylic acid groups (broad SMARTS) is 2. The van der Waals surface area contributed by atoms with Crippen LogP contribution < -0.4 is 0 Å². The van der Waals surface area contributed by atoms with Crippen molar-refractivity contribution in [3.8, 4) is 0 Å². The number of rotatable bonds is 2. The fourth-order valence-electron chi connectivity index (χ4n) is 0. The van der Waals surface area contributed by atoms with E-state index in [1.54, 1.807) is 0 Å². The molecule has 4 nitrogen and oxygen atoms in total. The second-order valence-corrected chi connectivity index (χ2v) is 7.40. The number of alkyl halides is 4. The second kappa shape index (κ2) is 11.6. The Morgan fingerprint density at radius 1 is 0.846 bits per heavy atom. The summed E-state index contributed by atoms with van der Waals surface area (Å²) in [6, 6.07) is 0. The van der Waals surface area contributed by atoms with Crippen LogP contribution in [0.15, 0.2) is 0 Å². The van der Waals surface area contributed by atoms with Crippen LogP contribution >= 0.6 is 63.7 Å². The van der Waals surface area contributed by atoms with Crippen LogP contribution in [-0.4, -0.2) is 29.6 Å². The van der Waals surface area contributed by atoms with Crippen molar-refractivity contribution in [3.05, 3.63) is 0 Å². The SMILES string of the molecule is O=C(O)C(Br)Br.O=C(O)C(Br)Br.[Zn]. The minimum Gasteiger partial charge on any atom is -0.480 e. The number of hydrogen-bond acceptors (Lipinski definition) is 2. The molecule has 0 aromatic rings. The molecule has 0 rings (SSSR count). The molecule has 0 radical (unpaired) electrons. The zero-order chi connectivity index (χ0) is 10.3. The zero-order valence-electron chi connectivity index (χ0n) is 6.08. The van der Waals surface area contributed by atoms with Gasteiger partial charge in [0.05, 0.1) is 0 Å². The van der Waals surface area contributed by atoms with Crippen molar-refractivity contribution in [2.75, 3.05) is 0 Å². The predicted molar refractivity (Wildman–Crippen MR) is 58.6 cm³/mol. The minimum atomic E-state index is -0.907. The molecule has 0 saturated heterocycles. The quantitative estimate of drug-likeness (QED) is 0.451. The van der Waals surface area contributed by atoms with E-state index in [1.165, 1.54) is 0 Å². The molecule has 13 heavy (non-hydrogen) atoms. The van der Waals surface area contributed by atoms with Crippen molar-refractivity contribution in [2.24, 2.45) is 0 Å². The van der Waals surface area contributed by atoms with E-state index in [9.17, 15) is 9.59 Å². The van der Waals surface area contributed by atoms with Crippen molar-refractivity contribution in [1.82, 2.24) is 0 Å². The van der Waals surface area contributed by atoms with Gasteiger partial charge in [-0.2, -0.15) is 0 Å². The molecule has 0 heterocycles. The third-order valence-electron chi connectivity index (χ3n) is 0.373. The fraction of sp³-hybridized carbons (Fsp3) is 0.500. The Labute approximate surface area is 121 Å². The Bertz CT molecular complexity index is 144. The van der Waals surface area contributed by atoms with Gasteiger partial charge < -0.3 is 10.2 Å². The van der Waals surface area contributed by atoms with Gasteiger partial charge in [-0.15, -0.1) is 0 Å². The summed E-state index contributed by atoms with van der Waals surface area (Å²) in [5.41, 5.74) is 0. The number of carbonyl (C=O) groups is 2. The zero-order valence-corrected chi connectivity index (χ0v) is 15.4. The first-order chi connectivity index (χ1) is 5.29. The second-order valence-electron chi connectivity index (χ2n) is 1.28. The molecule has 0 amide bonds. The largest absolute Gasteiger partial charge is 0.480 e. The number of halogens is 4. The molecule has 0 fully saturated rings. The van der Waals surface area contributed by atoms with Gasteiger partial charge in [0.1, 0.15) is 0 Å². The van der Waals surface area contributed by atoms with Gasteiger partial charge >= 0.3 is 11.9 Å². The molecular formula is C4H4Br4O4Zn. The van der Waals surface area contributed by atoms with Crippen LogP contribution in [0.5, 0.6) is 0 Å². The number of hydrogen-bond donors (Lipinski definition) is 2. The molecule has 0 atom stereocenters. The van der Waals surface area contributed by atoms with Crippen molar-refractivity contribution in [1.29, 1.82) is 0 Å². The average molecular weight is 501 g/mol. The molecule has 0 saturated carbocycles. The molecule has 0 unspecified atom stereocenters. The minimum absolute atomic E-state index is 0. The summed E-state index contributed by atoms with van der Waals surface area (Å²) in [6.45, 7) is 0. The van der Waals surface area contributed by atoms with Crippen LogP contribution in [0.2, 0.25) is 0 Å². The van der Waals surface area contributed by atoms with E-state index >= 15 is 0 Å². The summed E-state index contributed by atoms with van der Waals surface area (Å²) in [4.78, 5) is 19.2. The van der Waals surface area contributed by atoms with Gasteiger partial charge in [-0.25, -0.2) is 0 Å². The van der Waals surface area contributed by atoms with E-state index in [0.29, 0.717) is 0 Å². The van der Waals surface area contributed by atoms with E-state index in [2.05, 4.69) is 63.7 Å².